The van der Waals surface area contributed by atoms with E-state index in [0.29, 0.717) is 6.61 Å². The smallest absolute Gasteiger partial charge is 0.0623 e. The van der Waals surface area contributed by atoms with Crippen LogP contribution in [0.3, 0.4) is 0 Å². The number of rotatable bonds is 5. The van der Waals surface area contributed by atoms with Crippen LogP contribution < -0.4 is 0 Å². The minimum Gasteiger partial charge on any atom is -0.396 e. The molecule has 3 heteroatoms. The molecule has 0 aromatic rings. The maximum Gasteiger partial charge on any atom is 0.0623 e. The van der Waals surface area contributed by atoms with Gasteiger partial charge in [-0.1, -0.05) is 0 Å². The molecule has 15 heavy (non-hydrogen) atoms. The molecule has 3 nitrogen and oxygen atoms in total. The number of methoxy groups -OCH3 is 1. The first-order valence-corrected chi connectivity index (χ1v) is 5.77. The average Bonchev–Trinajstić information content (AvgIpc) is 2.28. The fraction of sp³-hybridized carbons (Fsp3) is 1.00. The van der Waals surface area contributed by atoms with E-state index in [4.69, 9.17) is 9.47 Å². The van der Waals surface area contributed by atoms with E-state index in [1.54, 1.807) is 7.11 Å². The Kier molecular flexibility index (Phi) is 4.56. The molecule has 1 rings (SSSR count). The van der Waals surface area contributed by atoms with Crippen LogP contribution in [0.15, 0.2) is 0 Å². The van der Waals surface area contributed by atoms with Gasteiger partial charge >= 0.3 is 0 Å². The van der Waals surface area contributed by atoms with Crippen molar-refractivity contribution >= 4 is 0 Å². The molecular formula is C12H24O3. The van der Waals surface area contributed by atoms with Gasteiger partial charge in [-0.3, -0.25) is 0 Å². The quantitative estimate of drug-likeness (QED) is 0.763. The summed E-state index contributed by atoms with van der Waals surface area (Å²) in [5, 5.41) is 9.49. The molecule has 0 saturated carbocycles. The van der Waals surface area contributed by atoms with Crippen LogP contribution in [0, 0.1) is 5.41 Å². The van der Waals surface area contributed by atoms with Gasteiger partial charge in [-0.05, 0) is 39.5 Å². The van der Waals surface area contributed by atoms with Gasteiger partial charge in [0.25, 0.3) is 0 Å². The van der Waals surface area contributed by atoms with Crippen LogP contribution in [0.1, 0.15) is 39.5 Å². The number of ether oxygens (including phenoxy) is 2. The fourth-order valence-electron chi connectivity index (χ4n) is 1.98. The van der Waals surface area contributed by atoms with Gasteiger partial charge in [-0.15, -0.1) is 0 Å². The monoisotopic (exact) mass is 216 g/mol. The zero-order valence-corrected chi connectivity index (χ0v) is 10.2. The zero-order chi connectivity index (χ0) is 11.4. The van der Waals surface area contributed by atoms with E-state index in [0.717, 1.165) is 32.3 Å². The highest BCUT2D eigenvalue weighted by atomic mass is 16.5. The summed E-state index contributed by atoms with van der Waals surface area (Å²) in [4.78, 5) is 0. The predicted molar refractivity (Wildman–Crippen MR) is 59.9 cm³/mol. The summed E-state index contributed by atoms with van der Waals surface area (Å²) in [6, 6.07) is 0. The maximum atomic E-state index is 9.49. The van der Waals surface area contributed by atoms with Crippen molar-refractivity contribution < 1.29 is 14.6 Å². The first-order valence-electron chi connectivity index (χ1n) is 5.77. The van der Waals surface area contributed by atoms with Gasteiger partial charge in [-0.2, -0.15) is 0 Å². The van der Waals surface area contributed by atoms with Crippen molar-refractivity contribution in [3.05, 3.63) is 0 Å². The molecule has 0 bridgehead atoms. The Morgan fingerprint density at radius 3 is 2.67 bits per heavy atom. The lowest BCUT2D eigenvalue weighted by Gasteiger charge is -2.37. The Balaban J connectivity index is 2.45. The van der Waals surface area contributed by atoms with Crippen molar-refractivity contribution in [2.24, 2.45) is 5.41 Å². The third kappa shape index (κ3) is 3.74. The van der Waals surface area contributed by atoms with Gasteiger partial charge in [0.1, 0.15) is 0 Å². The average molecular weight is 216 g/mol. The summed E-state index contributed by atoms with van der Waals surface area (Å²) in [5.41, 5.74) is -0.117. The molecule has 0 aromatic heterocycles. The van der Waals surface area contributed by atoms with E-state index in [2.05, 4.69) is 13.8 Å². The van der Waals surface area contributed by atoms with Gasteiger partial charge in [0, 0.05) is 19.1 Å². The summed E-state index contributed by atoms with van der Waals surface area (Å²) >= 11 is 0. The van der Waals surface area contributed by atoms with E-state index < -0.39 is 0 Å². The molecule has 1 heterocycles. The predicted octanol–water partition coefficient (Wildman–Crippen LogP) is 1.98. The lowest BCUT2D eigenvalue weighted by Crippen LogP contribution is -2.37. The van der Waals surface area contributed by atoms with Crippen molar-refractivity contribution in [3.8, 4) is 0 Å². The minimum atomic E-state index is -0.0976. The van der Waals surface area contributed by atoms with Crippen LogP contribution in [0.5, 0.6) is 0 Å². The van der Waals surface area contributed by atoms with Crippen molar-refractivity contribution in [1.29, 1.82) is 0 Å². The van der Waals surface area contributed by atoms with Gasteiger partial charge in [0.05, 0.1) is 18.8 Å². The number of aliphatic hydroxyl groups excluding tert-OH is 1. The molecule has 90 valence electrons. The molecule has 0 radical (unpaired) electrons. The molecule has 0 spiro atoms. The van der Waals surface area contributed by atoms with E-state index >= 15 is 0 Å². The summed E-state index contributed by atoms with van der Waals surface area (Å²) < 4.78 is 10.9. The number of hydrogen-bond acceptors (Lipinski definition) is 3. The van der Waals surface area contributed by atoms with Crippen LogP contribution in [0.4, 0.5) is 0 Å². The molecule has 1 unspecified atom stereocenters. The van der Waals surface area contributed by atoms with Crippen LogP contribution in [-0.4, -0.2) is 37.6 Å². The summed E-state index contributed by atoms with van der Waals surface area (Å²) in [6.45, 7) is 5.94. The van der Waals surface area contributed by atoms with Gasteiger partial charge in [0.15, 0.2) is 0 Å². The third-order valence-corrected chi connectivity index (χ3v) is 3.55. The number of hydrogen-bond donors (Lipinski definition) is 1. The summed E-state index contributed by atoms with van der Waals surface area (Å²) in [5.74, 6) is 0. The maximum absolute atomic E-state index is 9.49. The Hall–Kier alpha value is -0.120. The Morgan fingerprint density at radius 1 is 1.47 bits per heavy atom. The second-order valence-corrected chi connectivity index (χ2v) is 5.28. The number of aliphatic hydroxyl groups is 1. The van der Waals surface area contributed by atoms with Crippen LogP contribution in [0.2, 0.25) is 0 Å². The fourth-order valence-corrected chi connectivity index (χ4v) is 1.98. The zero-order valence-electron chi connectivity index (χ0n) is 10.2. The second kappa shape index (κ2) is 5.28. The van der Waals surface area contributed by atoms with E-state index in [1.807, 2.05) is 0 Å². The van der Waals surface area contributed by atoms with E-state index in [9.17, 15) is 5.11 Å². The van der Waals surface area contributed by atoms with Crippen LogP contribution >= 0.6 is 0 Å². The van der Waals surface area contributed by atoms with Gasteiger partial charge in [-0.25, -0.2) is 0 Å². The highest BCUT2D eigenvalue weighted by molar-refractivity contribution is 4.84. The highest BCUT2D eigenvalue weighted by Gasteiger charge is 2.34. The van der Waals surface area contributed by atoms with Crippen LogP contribution in [0.25, 0.3) is 0 Å². The van der Waals surface area contributed by atoms with Crippen molar-refractivity contribution in [2.75, 3.05) is 26.9 Å². The topological polar surface area (TPSA) is 38.7 Å². The largest absolute Gasteiger partial charge is 0.396 e. The Morgan fingerprint density at radius 2 is 2.20 bits per heavy atom. The first-order chi connectivity index (χ1) is 7.04. The SMILES string of the molecule is COC(C)(C)CCC1(CO)CCCOC1. The van der Waals surface area contributed by atoms with Gasteiger partial charge < -0.3 is 14.6 Å². The molecule has 1 aliphatic rings. The van der Waals surface area contributed by atoms with Crippen LogP contribution in [-0.2, 0) is 9.47 Å². The van der Waals surface area contributed by atoms with Crippen molar-refractivity contribution in [2.45, 2.75) is 45.1 Å². The molecule has 0 aliphatic carbocycles. The van der Waals surface area contributed by atoms with E-state index in [-0.39, 0.29) is 17.6 Å². The standard InChI is InChI=1S/C12H24O3/c1-11(2,14-3)6-7-12(9-13)5-4-8-15-10-12/h13H,4-10H2,1-3H3. The van der Waals surface area contributed by atoms with Crippen molar-refractivity contribution in [1.82, 2.24) is 0 Å². The molecular weight excluding hydrogens is 192 g/mol. The molecule has 1 fully saturated rings. The normalized spacial score (nSPS) is 28.0. The minimum absolute atomic E-state index is 0.0198. The second-order valence-electron chi connectivity index (χ2n) is 5.28. The third-order valence-electron chi connectivity index (χ3n) is 3.55. The Labute approximate surface area is 92.8 Å². The molecule has 1 N–H and O–H groups in total. The summed E-state index contributed by atoms with van der Waals surface area (Å²) in [7, 11) is 1.74. The summed E-state index contributed by atoms with van der Waals surface area (Å²) in [6.07, 6.45) is 4.08. The molecule has 1 atom stereocenters. The van der Waals surface area contributed by atoms with Crippen molar-refractivity contribution in [3.63, 3.8) is 0 Å². The first kappa shape index (κ1) is 12.9. The lowest BCUT2D eigenvalue weighted by molar-refractivity contribution is -0.0614. The van der Waals surface area contributed by atoms with E-state index in [1.165, 1.54) is 0 Å². The lowest BCUT2D eigenvalue weighted by atomic mass is 9.77. The molecule has 1 aliphatic heterocycles. The molecule has 0 aromatic carbocycles. The Bertz CT molecular complexity index is 183. The highest BCUT2D eigenvalue weighted by Crippen LogP contribution is 2.35. The molecule has 1 saturated heterocycles. The van der Waals surface area contributed by atoms with Gasteiger partial charge in [0.2, 0.25) is 0 Å². The molecule has 0 amide bonds.